The molecule has 0 fully saturated rings. The van der Waals surface area contributed by atoms with Gasteiger partial charge in [0.2, 0.25) is 0 Å². The summed E-state index contributed by atoms with van der Waals surface area (Å²) in [7, 11) is 1.57. The summed E-state index contributed by atoms with van der Waals surface area (Å²) in [6.45, 7) is 0.926. The lowest BCUT2D eigenvalue weighted by atomic mass is 10.1. The van der Waals surface area contributed by atoms with E-state index in [1.165, 1.54) is 4.68 Å². The first-order chi connectivity index (χ1) is 12.6. The molecule has 26 heavy (non-hydrogen) atoms. The second-order valence-electron chi connectivity index (χ2n) is 5.70. The van der Waals surface area contributed by atoms with E-state index in [1.807, 2.05) is 12.1 Å². The summed E-state index contributed by atoms with van der Waals surface area (Å²) in [4.78, 5) is 24.8. The van der Waals surface area contributed by atoms with Crippen LogP contribution < -0.4 is 10.9 Å². The van der Waals surface area contributed by atoms with E-state index >= 15 is 0 Å². The molecule has 1 aromatic heterocycles. The number of benzene rings is 2. The van der Waals surface area contributed by atoms with Gasteiger partial charge < -0.3 is 10.1 Å². The van der Waals surface area contributed by atoms with E-state index in [9.17, 15) is 9.59 Å². The molecule has 134 valence electrons. The van der Waals surface area contributed by atoms with Gasteiger partial charge in [0.1, 0.15) is 0 Å². The molecule has 0 bridgehead atoms. The van der Waals surface area contributed by atoms with Crippen LogP contribution in [0.1, 0.15) is 16.1 Å². The van der Waals surface area contributed by atoms with Crippen LogP contribution in [0.4, 0.5) is 0 Å². The van der Waals surface area contributed by atoms with Gasteiger partial charge in [-0.2, -0.15) is 5.10 Å². The number of nitrogens with one attached hydrogen (secondary N) is 1. The Morgan fingerprint density at radius 2 is 1.85 bits per heavy atom. The van der Waals surface area contributed by atoms with Crippen LogP contribution in [-0.4, -0.2) is 29.4 Å². The Balaban J connectivity index is 1.88. The maximum Gasteiger partial charge on any atom is 0.274 e. The topological polar surface area (TPSA) is 73.2 Å². The van der Waals surface area contributed by atoms with E-state index in [-0.39, 0.29) is 18.0 Å². The second kappa shape index (κ2) is 8.12. The van der Waals surface area contributed by atoms with Gasteiger partial charge in [0, 0.05) is 23.1 Å². The summed E-state index contributed by atoms with van der Waals surface area (Å²) >= 11 is 5.84. The van der Waals surface area contributed by atoms with Crippen molar-refractivity contribution < 1.29 is 9.53 Å². The molecule has 1 N–H and O–H groups in total. The van der Waals surface area contributed by atoms with Crippen LogP contribution in [0.5, 0.6) is 0 Å². The van der Waals surface area contributed by atoms with Crippen molar-refractivity contribution in [3.05, 3.63) is 75.2 Å². The molecule has 1 amide bonds. The molecule has 0 radical (unpaired) electrons. The van der Waals surface area contributed by atoms with Crippen LogP contribution in [0.25, 0.3) is 10.8 Å². The highest BCUT2D eigenvalue weighted by Crippen LogP contribution is 2.14. The van der Waals surface area contributed by atoms with Crippen LogP contribution in [0, 0.1) is 0 Å². The van der Waals surface area contributed by atoms with Gasteiger partial charge in [-0.1, -0.05) is 29.8 Å². The van der Waals surface area contributed by atoms with Gasteiger partial charge in [-0.15, -0.1) is 0 Å². The fourth-order valence-corrected chi connectivity index (χ4v) is 2.76. The average molecular weight is 372 g/mol. The summed E-state index contributed by atoms with van der Waals surface area (Å²) in [6.07, 6.45) is 0. The number of methoxy groups -OCH3 is 1. The molecule has 0 unspecified atom stereocenters. The van der Waals surface area contributed by atoms with E-state index in [4.69, 9.17) is 16.3 Å². The van der Waals surface area contributed by atoms with Crippen molar-refractivity contribution in [1.29, 1.82) is 0 Å². The molecule has 0 saturated carbocycles. The van der Waals surface area contributed by atoms with Gasteiger partial charge in [-0.05, 0) is 30.3 Å². The summed E-state index contributed by atoms with van der Waals surface area (Å²) in [5.74, 6) is -0.234. The average Bonchev–Trinajstić information content (AvgIpc) is 2.67. The molecule has 0 saturated heterocycles. The molecule has 2 aromatic carbocycles. The number of carbonyl (C=O) groups excluding carboxylic acids is 1. The van der Waals surface area contributed by atoms with Crippen LogP contribution in [0.3, 0.4) is 0 Å². The number of amides is 1. The quantitative estimate of drug-likeness (QED) is 0.723. The smallest absolute Gasteiger partial charge is 0.274 e. The molecule has 0 aliphatic carbocycles. The number of aromatic nitrogens is 2. The molecule has 0 aliphatic rings. The van der Waals surface area contributed by atoms with Crippen molar-refractivity contribution in [2.24, 2.45) is 0 Å². The van der Waals surface area contributed by atoms with Crippen LogP contribution in [0.15, 0.2) is 53.3 Å². The van der Waals surface area contributed by atoms with Gasteiger partial charge in [0.05, 0.1) is 30.8 Å². The third-order valence-corrected chi connectivity index (χ3v) is 4.23. The first kappa shape index (κ1) is 18.1. The zero-order valence-corrected chi connectivity index (χ0v) is 15.0. The SMILES string of the molecule is COCCn1nc(CNC(=O)c2ccc(Cl)cc2)c2ccccc2c1=O. The molecule has 3 rings (SSSR count). The van der Waals surface area contributed by atoms with Crippen LogP contribution in [0.2, 0.25) is 5.02 Å². The second-order valence-corrected chi connectivity index (χ2v) is 6.14. The predicted octanol–water partition coefficient (Wildman–Crippen LogP) is 2.63. The fourth-order valence-electron chi connectivity index (χ4n) is 2.63. The lowest BCUT2D eigenvalue weighted by molar-refractivity contribution is 0.0950. The maximum atomic E-state index is 12.5. The van der Waals surface area contributed by atoms with E-state index in [2.05, 4.69) is 10.4 Å². The van der Waals surface area contributed by atoms with Crippen LogP contribution in [-0.2, 0) is 17.8 Å². The van der Waals surface area contributed by atoms with Crippen molar-refractivity contribution in [2.75, 3.05) is 13.7 Å². The van der Waals surface area contributed by atoms with Crippen LogP contribution >= 0.6 is 11.6 Å². The van der Waals surface area contributed by atoms with Crippen molar-refractivity contribution in [2.45, 2.75) is 13.1 Å². The predicted molar refractivity (Wildman–Crippen MR) is 101 cm³/mol. The zero-order chi connectivity index (χ0) is 18.5. The van der Waals surface area contributed by atoms with E-state index < -0.39 is 0 Å². The summed E-state index contributed by atoms with van der Waals surface area (Å²) in [5, 5.41) is 9.10. The van der Waals surface area contributed by atoms with E-state index in [0.29, 0.717) is 34.8 Å². The summed E-state index contributed by atoms with van der Waals surface area (Å²) in [6, 6.07) is 13.9. The molecule has 1 heterocycles. The Morgan fingerprint density at radius 1 is 1.15 bits per heavy atom. The Labute approximate surface area is 155 Å². The third kappa shape index (κ3) is 3.92. The fraction of sp³-hybridized carbons (Fsp3) is 0.211. The van der Waals surface area contributed by atoms with E-state index in [1.54, 1.807) is 43.5 Å². The maximum absolute atomic E-state index is 12.5. The Kier molecular flexibility index (Phi) is 5.65. The third-order valence-electron chi connectivity index (χ3n) is 3.97. The number of ether oxygens (including phenoxy) is 1. The highest BCUT2D eigenvalue weighted by Gasteiger charge is 2.12. The minimum atomic E-state index is -0.234. The minimum Gasteiger partial charge on any atom is -0.383 e. The molecule has 6 nitrogen and oxygen atoms in total. The van der Waals surface area contributed by atoms with Gasteiger partial charge in [0.25, 0.3) is 11.5 Å². The highest BCUT2D eigenvalue weighted by molar-refractivity contribution is 6.30. The van der Waals surface area contributed by atoms with Crippen molar-refractivity contribution >= 4 is 28.3 Å². The molecule has 3 aromatic rings. The van der Waals surface area contributed by atoms with Crippen molar-refractivity contribution in [3.8, 4) is 0 Å². The number of rotatable bonds is 6. The number of carbonyl (C=O) groups is 1. The largest absolute Gasteiger partial charge is 0.383 e. The minimum absolute atomic E-state index is 0.176. The van der Waals surface area contributed by atoms with Gasteiger partial charge in [-0.25, -0.2) is 4.68 Å². The van der Waals surface area contributed by atoms with Crippen molar-refractivity contribution in [1.82, 2.24) is 15.1 Å². The molecular formula is C19H18ClN3O3. The number of halogens is 1. The first-order valence-electron chi connectivity index (χ1n) is 8.11. The Hall–Kier alpha value is -2.70. The summed E-state index contributed by atoms with van der Waals surface area (Å²) < 4.78 is 6.41. The Bertz CT molecular complexity index is 983. The van der Waals surface area contributed by atoms with Gasteiger partial charge in [-0.3, -0.25) is 9.59 Å². The number of hydrogen-bond donors (Lipinski definition) is 1. The lowest BCUT2D eigenvalue weighted by Gasteiger charge is -2.11. The number of nitrogens with zero attached hydrogens (tertiary/aromatic N) is 2. The normalized spacial score (nSPS) is 10.8. The molecule has 0 atom stereocenters. The standard InChI is InChI=1S/C19H18ClN3O3/c1-26-11-10-23-19(25)16-5-3-2-4-15(16)17(22-23)12-21-18(24)13-6-8-14(20)9-7-13/h2-9H,10-12H2,1H3,(H,21,24). The van der Waals surface area contributed by atoms with Gasteiger partial charge in [0.15, 0.2) is 0 Å². The summed E-state index contributed by atoms with van der Waals surface area (Å²) in [5.41, 5.74) is 0.954. The zero-order valence-electron chi connectivity index (χ0n) is 14.2. The number of hydrogen-bond acceptors (Lipinski definition) is 4. The molecule has 7 heteroatoms. The first-order valence-corrected chi connectivity index (χ1v) is 8.49. The highest BCUT2D eigenvalue weighted by atomic mass is 35.5. The number of fused-ring (bicyclic) bond motifs is 1. The molecule has 0 spiro atoms. The monoisotopic (exact) mass is 371 g/mol. The molecular weight excluding hydrogens is 354 g/mol. The van der Waals surface area contributed by atoms with Gasteiger partial charge >= 0.3 is 0 Å². The van der Waals surface area contributed by atoms with E-state index in [0.717, 1.165) is 5.39 Å². The molecule has 0 aliphatic heterocycles. The Morgan fingerprint density at radius 3 is 2.54 bits per heavy atom. The lowest BCUT2D eigenvalue weighted by Crippen LogP contribution is -2.29. The van der Waals surface area contributed by atoms with Crippen molar-refractivity contribution in [3.63, 3.8) is 0 Å².